The van der Waals surface area contributed by atoms with Crippen molar-refractivity contribution in [3.63, 3.8) is 0 Å². The molecule has 0 atom stereocenters. The molecule has 1 N–H and O–H groups in total. The van der Waals surface area contributed by atoms with Crippen LogP contribution in [-0.2, 0) is 6.54 Å². The maximum Gasteiger partial charge on any atom is 0.408 e. The number of hydrogen-bond acceptors (Lipinski definition) is 4. The van der Waals surface area contributed by atoms with E-state index in [9.17, 15) is 22.8 Å². The predicted molar refractivity (Wildman–Crippen MR) is 95.2 cm³/mol. The van der Waals surface area contributed by atoms with Crippen LogP contribution in [0.5, 0.6) is 0 Å². The van der Waals surface area contributed by atoms with Gasteiger partial charge in [0, 0.05) is 43.5 Å². The van der Waals surface area contributed by atoms with E-state index in [2.05, 4.69) is 15.3 Å². The highest BCUT2D eigenvalue weighted by Gasteiger charge is 2.55. The Morgan fingerprint density at radius 3 is 2.24 bits per heavy atom. The summed E-state index contributed by atoms with van der Waals surface area (Å²) in [6.45, 7) is 4.76. The van der Waals surface area contributed by atoms with Crippen molar-refractivity contribution in [2.45, 2.75) is 32.5 Å². The van der Waals surface area contributed by atoms with E-state index in [4.69, 9.17) is 0 Å². The molecule has 2 aromatic heterocycles. The molecule has 2 fully saturated rings. The monoisotopic (exact) mass is 410 g/mol. The van der Waals surface area contributed by atoms with Crippen molar-refractivity contribution < 1.29 is 22.8 Å². The summed E-state index contributed by atoms with van der Waals surface area (Å²) in [7, 11) is 0. The molecule has 0 bridgehead atoms. The van der Waals surface area contributed by atoms with Gasteiger partial charge in [-0.3, -0.25) is 19.4 Å². The van der Waals surface area contributed by atoms with E-state index < -0.39 is 18.6 Å². The zero-order chi connectivity index (χ0) is 21.0. The topological polar surface area (TPSA) is 87.1 Å². The molecule has 2 amide bonds. The highest BCUT2D eigenvalue weighted by molar-refractivity contribution is 5.94. The molecule has 0 aromatic carbocycles. The van der Waals surface area contributed by atoms with Gasteiger partial charge in [0.25, 0.3) is 11.8 Å². The van der Waals surface area contributed by atoms with Crippen molar-refractivity contribution in [2.24, 2.45) is 5.41 Å². The first kappa shape index (κ1) is 19.5. The molecule has 0 radical (unpaired) electrons. The van der Waals surface area contributed by atoms with E-state index in [1.54, 1.807) is 15.9 Å². The first-order chi connectivity index (χ1) is 13.6. The van der Waals surface area contributed by atoms with Gasteiger partial charge in [-0.2, -0.15) is 23.4 Å². The fraction of sp³-hybridized carbons (Fsp3) is 0.556. The smallest absolute Gasteiger partial charge is 0.336 e. The van der Waals surface area contributed by atoms with Gasteiger partial charge in [0.15, 0.2) is 0 Å². The molecule has 0 aliphatic carbocycles. The van der Waals surface area contributed by atoms with Crippen molar-refractivity contribution in [3.8, 4) is 0 Å². The molecular formula is C18H21F3N6O2. The fourth-order valence-electron chi connectivity index (χ4n) is 3.83. The summed E-state index contributed by atoms with van der Waals surface area (Å²) in [5.41, 5.74) is 1.13. The Bertz CT molecular complexity index is 934. The van der Waals surface area contributed by atoms with Crippen LogP contribution < -0.4 is 0 Å². The van der Waals surface area contributed by atoms with Gasteiger partial charge in [-0.15, -0.1) is 0 Å². The van der Waals surface area contributed by atoms with E-state index in [-0.39, 0.29) is 22.9 Å². The minimum atomic E-state index is -4.39. The van der Waals surface area contributed by atoms with Crippen LogP contribution in [0.3, 0.4) is 0 Å². The molecule has 156 valence electrons. The summed E-state index contributed by atoms with van der Waals surface area (Å²) in [6.07, 6.45) is -3.24. The number of likely N-dealkylation sites (tertiary alicyclic amines) is 2. The molecule has 11 heteroatoms. The van der Waals surface area contributed by atoms with E-state index in [1.165, 1.54) is 6.07 Å². The van der Waals surface area contributed by atoms with E-state index >= 15 is 0 Å². The van der Waals surface area contributed by atoms with Crippen molar-refractivity contribution in [3.05, 3.63) is 35.4 Å². The predicted octanol–water partition coefficient (Wildman–Crippen LogP) is 1.89. The van der Waals surface area contributed by atoms with Crippen LogP contribution in [0.4, 0.5) is 13.2 Å². The van der Waals surface area contributed by atoms with Crippen molar-refractivity contribution in [2.75, 3.05) is 26.2 Å². The quantitative estimate of drug-likeness (QED) is 0.834. The van der Waals surface area contributed by atoms with Crippen LogP contribution in [0.1, 0.15) is 46.4 Å². The minimum Gasteiger partial charge on any atom is -0.336 e. The molecule has 1 spiro atoms. The van der Waals surface area contributed by atoms with Crippen LogP contribution >= 0.6 is 0 Å². The number of rotatable bonds is 4. The van der Waals surface area contributed by atoms with Crippen LogP contribution in [0.15, 0.2) is 18.3 Å². The lowest BCUT2D eigenvalue weighted by molar-refractivity contribution is -0.142. The average molecular weight is 410 g/mol. The summed E-state index contributed by atoms with van der Waals surface area (Å²) in [4.78, 5) is 28.2. The fourth-order valence-corrected chi connectivity index (χ4v) is 3.83. The normalized spacial score (nSPS) is 18.1. The van der Waals surface area contributed by atoms with Crippen molar-refractivity contribution in [1.29, 1.82) is 0 Å². The Morgan fingerprint density at radius 2 is 1.72 bits per heavy atom. The second-order valence-corrected chi connectivity index (χ2v) is 8.20. The zero-order valence-corrected chi connectivity index (χ0v) is 16.0. The lowest BCUT2D eigenvalue weighted by atomic mass is 9.72. The molecule has 2 saturated heterocycles. The third kappa shape index (κ3) is 3.73. The van der Waals surface area contributed by atoms with Gasteiger partial charge < -0.3 is 9.80 Å². The van der Waals surface area contributed by atoms with Gasteiger partial charge >= 0.3 is 6.18 Å². The first-order valence-electron chi connectivity index (χ1n) is 9.29. The standard InChI is InChI=1S/C18H21F3N6O2/c1-11(2)13-5-14(23-22-13)16(29)26-8-17(9-26)6-25(7-17)15(28)12-3-4-27(24-12)10-18(19,20)21/h3-5,11H,6-10H2,1-2H3,(H,22,23). The lowest BCUT2D eigenvalue weighted by Crippen LogP contribution is -2.73. The van der Waals surface area contributed by atoms with Gasteiger partial charge in [0.05, 0.1) is 0 Å². The summed E-state index contributed by atoms with van der Waals surface area (Å²) >= 11 is 0. The largest absolute Gasteiger partial charge is 0.408 e. The Hall–Kier alpha value is -2.85. The van der Waals surface area contributed by atoms with Gasteiger partial charge in [-0.1, -0.05) is 13.8 Å². The lowest BCUT2D eigenvalue weighted by Gasteiger charge is -2.59. The third-order valence-corrected chi connectivity index (χ3v) is 5.32. The maximum absolute atomic E-state index is 12.5. The first-order valence-corrected chi connectivity index (χ1v) is 9.29. The van der Waals surface area contributed by atoms with E-state index in [0.717, 1.165) is 11.9 Å². The molecule has 2 aliphatic heterocycles. The summed E-state index contributed by atoms with van der Waals surface area (Å²) in [5.74, 6) is -0.290. The van der Waals surface area contributed by atoms with Crippen molar-refractivity contribution in [1.82, 2.24) is 29.8 Å². The van der Waals surface area contributed by atoms with E-state index in [1.807, 2.05) is 13.8 Å². The number of amides is 2. The molecule has 4 heterocycles. The van der Waals surface area contributed by atoms with Crippen LogP contribution in [0.2, 0.25) is 0 Å². The number of aromatic nitrogens is 4. The summed E-state index contributed by atoms with van der Waals surface area (Å²) < 4.78 is 37.9. The second-order valence-electron chi connectivity index (χ2n) is 8.20. The molecule has 29 heavy (non-hydrogen) atoms. The van der Waals surface area contributed by atoms with Gasteiger partial charge in [0.2, 0.25) is 0 Å². The minimum absolute atomic E-state index is 0.00547. The molecule has 0 unspecified atom stereocenters. The molecule has 0 saturated carbocycles. The Balaban J connectivity index is 1.29. The highest BCUT2D eigenvalue weighted by Crippen LogP contribution is 2.40. The van der Waals surface area contributed by atoms with E-state index in [0.29, 0.717) is 36.6 Å². The number of aromatic amines is 1. The SMILES string of the molecule is CC(C)c1cc(C(=O)N2CC3(C2)CN(C(=O)c2ccn(CC(F)(F)F)n2)C3)n[nH]1. The third-order valence-electron chi connectivity index (χ3n) is 5.32. The number of hydrogen-bond donors (Lipinski definition) is 1. The molecule has 2 aromatic rings. The van der Waals surface area contributed by atoms with Gasteiger partial charge in [0.1, 0.15) is 17.9 Å². The van der Waals surface area contributed by atoms with Gasteiger partial charge in [-0.25, -0.2) is 0 Å². The Kier molecular flexibility index (Phi) is 4.43. The number of alkyl halides is 3. The number of nitrogens with zero attached hydrogens (tertiary/aromatic N) is 5. The van der Waals surface area contributed by atoms with Crippen LogP contribution in [-0.4, -0.2) is 73.9 Å². The van der Waals surface area contributed by atoms with Crippen molar-refractivity contribution >= 4 is 11.8 Å². The zero-order valence-electron chi connectivity index (χ0n) is 16.0. The summed E-state index contributed by atoms with van der Waals surface area (Å²) in [6, 6.07) is 3.05. The van der Waals surface area contributed by atoms with Crippen LogP contribution in [0.25, 0.3) is 0 Å². The second kappa shape index (κ2) is 6.60. The number of carbonyl (C=O) groups excluding carboxylic acids is 2. The number of H-pyrrole nitrogens is 1. The molecular weight excluding hydrogens is 389 g/mol. The average Bonchev–Trinajstić information content (AvgIpc) is 3.19. The van der Waals surface area contributed by atoms with Crippen LogP contribution in [0, 0.1) is 5.41 Å². The number of halogens is 3. The van der Waals surface area contributed by atoms with Gasteiger partial charge in [-0.05, 0) is 18.1 Å². The number of carbonyl (C=O) groups is 2. The molecule has 8 nitrogen and oxygen atoms in total. The highest BCUT2D eigenvalue weighted by atomic mass is 19.4. The molecule has 4 rings (SSSR count). The maximum atomic E-state index is 12.5. The number of nitrogens with one attached hydrogen (secondary N) is 1. The Morgan fingerprint density at radius 1 is 1.14 bits per heavy atom. The Labute approximate surface area is 164 Å². The summed E-state index contributed by atoms with van der Waals surface area (Å²) in [5, 5.41) is 10.7. The molecule has 2 aliphatic rings.